The Morgan fingerprint density at radius 2 is 2.04 bits per heavy atom. The van der Waals surface area contributed by atoms with E-state index in [1.54, 1.807) is 23.0 Å². The van der Waals surface area contributed by atoms with Gasteiger partial charge in [0.1, 0.15) is 0 Å². The van der Waals surface area contributed by atoms with Gasteiger partial charge in [0.2, 0.25) is 0 Å². The number of fused-ring (bicyclic) bond motifs is 1. The average Bonchev–Trinajstić information content (AvgIpc) is 3.23. The molecule has 0 saturated heterocycles. The van der Waals surface area contributed by atoms with Crippen LogP contribution in [0, 0.1) is 0 Å². The molecule has 0 aliphatic heterocycles. The molecule has 2 aromatic carbocycles. The van der Waals surface area contributed by atoms with Gasteiger partial charge in [0.25, 0.3) is 5.91 Å². The summed E-state index contributed by atoms with van der Waals surface area (Å²) in [5.41, 5.74) is 2.08. The van der Waals surface area contributed by atoms with Gasteiger partial charge in [-0.1, -0.05) is 29.8 Å². The zero-order valence-electron chi connectivity index (χ0n) is 12.4. The van der Waals surface area contributed by atoms with E-state index < -0.39 is 0 Å². The monoisotopic (exact) mass is 337 g/mol. The van der Waals surface area contributed by atoms with E-state index in [0.29, 0.717) is 16.4 Å². The summed E-state index contributed by atoms with van der Waals surface area (Å²) in [6.45, 7) is 0. The number of carbonyl (C=O) groups excluding carboxylic acids is 1. The lowest BCUT2D eigenvalue weighted by atomic mass is 10.2. The number of hydrogen-bond acceptors (Lipinski definition) is 3. The molecule has 118 valence electrons. The number of amides is 1. The molecule has 0 unspecified atom stereocenters. The summed E-state index contributed by atoms with van der Waals surface area (Å²) < 4.78 is 1.60. The van der Waals surface area contributed by atoms with Crippen molar-refractivity contribution < 1.29 is 4.79 Å². The Hall–Kier alpha value is -3.12. The van der Waals surface area contributed by atoms with E-state index in [4.69, 9.17) is 11.6 Å². The highest BCUT2D eigenvalue weighted by atomic mass is 35.5. The van der Waals surface area contributed by atoms with Crippen LogP contribution < -0.4 is 5.32 Å². The minimum absolute atomic E-state index is 0.277. The lowest BCUT2D eigenvalue weighted by molar-refractivity contribution is 0.102. The molecule has 2 heterocycles. The molecule has 0 saturated carbocycles. The van der Waals surface area contributed by atoms with Crippen LogP contribution in [0.3, 0.4) is 0 Å². The highest BCUT2D eigenvalue weighted by Gasteiger charge is 2.13. The topological polar surface area (TPSA) is 75.6 Å². The van der Waals surface area contributed by atoms with E-state index >= 15 is 0 Å². The van der Waals surface area contributed by atoms with Gasteiger partial charge in [-0.05, 0) is 30.3 Å². The molecule has 0 aliphatic carbocycles. The molecule has 0 bridgehead atoms. The third-order valence-corrected chi connectivity index (χ3v) is 3.85. The molecule has 2 N–H and O–H groups in total. The number of carbonyl (C=O) groups is 1. The Morgan fingerprint density at radius 3 is 2.92 bits per heavy atom. The van der Waals surface area contributed by atoms with Crippen molar-refractivity contribution in [1.82, 2.24) is 20.0 Å². The lowest BCUT2D eigenvalue weighted by Crippen LogP contribution is -2.11. The van der Waals surface area contributed by atoms with E-state index in [9.17, 15) is 4.79 Å². The molecular formula is C17H12ClN5O. The van der Waals surface area contributed by atoms with Crippen molar-refractivity contribution in [2.45, 2.75) is 0 Å². The highest BCUT2D eigenvalue weighted by Crippen LogP contribution is 2.20. The maximum Gasteiger partial charge on any atom is 0.260 e. The minimum Gasteiger partial charge on any atom is -0.304 e. The summed E-state index contributed by atoms with van der Waals surface area (Å²) in [6.07, 6.45) is 3.15. The van der Waals surface area contributed by atoms with Crippen LogP contribution in [0.2, 0.25) is 5.02 Å². The van der Waals surface area contributed by atoms with E-state index in [2.05, 4.69) is 20.6 Å². The van der Waals surface area contributed by atoms with Crippen molar-refractivity contribution in [3.8, 4) is 5.69 Å². The van der Waals surface area contributed by atoms with Crippen LogP contribution in [0.15, 0.2) is 60.9 Å². The van der Waals surface area contributed by atoms with Gasteiger partial charge in [-0.15, -0.1) is 0 Å². The first-order chi connectivity index (χ1) is 11.7. The van der Waals surface area contributed by atoms with Crippen molar-refractivity contribution in [2.24, 2.45) is 0 Å². The number of halogens is 1. The first kappa shape index (κ1) is 14.5. The van der Waals surface area contributed by atoms with Crippen LogP contribution in [-0.2, 0) is 0 Å². The summed E-state index contributed by atoms with van der Waals surface area (Å²) in [5.74, 6) is 0.214. The Bertz CT molecular complexity index is 1040. The van der Waals surface area contributed by atoms with Gasteiger partial charge in [0.15, 0.2) is 5.82 Å². The number of nitrogens with zero attached hydrogens (tertiary/aromatic N) is 3. The van der Waals surface area contributed by atoms with Crippen molar-refractivity contribution in [3.63, 3.8) is 0 Å². The van der Waals surface area contributed by atoms with Crippen LogP contribution in [0.5, 0.6) is 0 Å². The normalized spacial score (nSPS) is 10.9. The first-order valence-corrected chi connectivity index (χ1v) is 7.63. The molecule has 4 rings (SSSR count). The molecule has 0 atom stereocenters. The molecule has 6 nitrogen and oxygen atoms in total. The number of benzene rings is 2. The number of aromatic nitrogens is 4. The number of rotatable bonds is 3. The molecule has 0 spiro atoms. The number of para-hydroxylation sites is 1. The third-order valence-electron chi connectivity index (χ3n) is 3.62. The molecule has 2 aromatic heterocycles. The van der Waals surface area contributed by atoms with E-state index in [-0.39, 0.29) is 5.91 Å². The van der Waals surface area contributed by atoms with Crippen molar-refractivity contribution in [3.05, 3.63) is 71.5 Å². The third kappa shape index (κ3) is 2.63. The van der Waals surface area contributed by atoms with Crippen molar-refractivity contribution in [1.29, 1.82) is 0 Å². The zero-order valence-corrected chi connectivity index (χ0v) is 13.2. The average molecular weight is 338 g/mol. The second kappa shape index (κ2) is 5.82. The summed E-state index contributed by atoms with van der Waals surface area (Å²) in [6, 6.07) is 14.8. The fraction of sp³-hybridized carbons (Fsp3) is 0. The molecule has 1 amide bonds. The molecule has 0 fully saturated rings. The lowest BCUT2D eigenvalue weighted by Gasteiger charge is -2.01. The maximum atomic E-state index is 12.4. The van der Waals surface area contributed by atoms with Gasteiger partial charge in [-0.25, -0.2) is 4.68 Å². The Balaban J connectivity index is 1.59. The predicted octanol–water partition coefficient (Wildman–Crippen LogP) is 3.65. The summed E-state index contributed by atoms with van der Waals surface area (Å²) in [4.78, 5) is 12.4. The van der Waals surface area contributed by atoms with Crippen LogP contribution in [0.25, 0.3) is 16.6 Å². The standard InChI is InChI=1S/C17H12ClN5O/c18-12-4-3-5-13(8-12)23-10-11(9-19-23)17(24)20-16-14-6-1-2-7-15(14)21-22-16/h1-10H,(H2,20,21,22,24). The van der Waals surface area contributed by atoms with Crippen LogP contribution in [0.4, 0.5) is 5.82 Å². The summed E-state index contributed by atoms with van der Waals surface area (Å²) in [7, 11) is 0. The fourth-order valence-electron chi connectivity index (χ4n) is 2.44. The first-order valence-electron chi connectivity index (χ1n) is 7.26. The Labute approximate surface area is 142 Å². The van der Waals surface area contributed by atoms with Gasteiger partial charge in [0, 0.05) is 16.6 Å². The van der Waals surface area contributed by atoms with Gasteiger partial charge in [0.05, 0.1) is 23.0 Å². The Morgan fingerprint density at radius 1 is 1.17 bits per heavy atom. The number of anilines is 1. The van der Waals surface area contributed by atoms with Gasteiger partial charge >= 0.3 is 0 Å². The summed E-state index contributed by atoms with van der Waals surface area (Å²) >= 11 is 5.98. The second-order valence-electron chi connectivity index (χ2n) is 5.23. The highest BCUT2D eigenvalue weighted by molar-refractivity contribution is 6.30. The molecule has 24 heavy (non-hydrogen) atoms. The Kier molecular flexibility index (Phi) is 3.51. The quantitative estimate of drug-likeness (QED) is 0.599. The second-order valence-corrected chi connectivity index (χ2v) is 5.66. The number of hydrogen-bond donors (Lipinski definition) is 2. The van der Waals surface area contributed by atoms with E-state index in [1.165, 1.54) is 6.20 Å². The molecule has 0 aliphatic rings. The number of nitrogens with one attached hydrogen (secondary N) is 2. The molecule has 0 radical (unpaired) electrons. The molecule has 7 heteroatoms. The SMILES string of the molecule is O=C(Nc1n[nH]c2ccccc12)c1cnn(-c2cccc(Cl)c2)c1. The predicted molar refractivity (Wildman–Crippen MR) is 92.6 cm³/mol. The van der Waals surface area contributed by atoms with Crippen molar-refractivity contribution >= 4 is 34.2 Å². The number of aromatic amines is 1. The zero-order chi connectivity index (χ0) is 16.5. The molecular weight excluding hydrogens is 326 g/mol. The van der Waals surface area contributed by atoms with E-state index in [0.717, 1.165) is 16.6 Å². The van der Waals surface area contributed by atoms with Crippen LogP contribution >= 0.6 is 11.6 Å². The fourth-order valence-corrected chi connectivity index (χ4v) is 2.62. The summed E-state index contributed by atoms with van der Waals surface area (Å²) in [5, 5.41) is 15.5. The largest absolute Gasteiger partial charge is 0.304 e. The smallest absolute Gasteiger partial charge is 0.260 e. The number of H-pyrrole nitrogens is 1. The molecule has 4 aromatic rings. The van der Waals surface area contributed by atoms with E-state index in [1.807, 2.05) is 36.4 Å². The van der Waals surface area contributed by atoms with Gasteiger partial charge in [-0.3, -0.25) is 9.89 Å². The van der Waals surface area contributed by atoms with Gasteiger partial charge in [-0.2, -0.15) is 10.2 Å². The van der Waals surface area contributed by atoms with Crippen molar-refractivity contribution in [2.75, 3.05) is 5.32 Å². The van der Waals surface area contributed by atoms with Crippen LogP contribution in [-0.4, -0.2) is 25.9 Å². The minimum atomic E-state index is -0.277. The van der Waals surface area contributed by atoms with Crippen LogP contribution in [0.1, 0.15) is 10.4 Å². The maximum absolute atomic E-state index is 12.4. The van der Waals surface area contributed by atoms with Gasteiger partial charge < -0.3 is 5.32 Å².